The Labute approximate surface area is 148 Å². The predicted molar refractivity (Wildman–Crippen MR) is 98.3 cm³/mol. The number of nitrogens with one attached hydrogen (secondary N) is 1. The summed E-state index contributed by atoms with van der Waals surface area (Å²) in [4.78, 5) is 26.6. The van der Waals surface area contributed by atoms with E-state index < -0.39 is 6.04 Å². The Balaban J connectivity index is 1.81. The zero-order valence-electron chi connectivity index (χ0n) is 15.3. The molecule has 0 spiro atoms. The summed E-state index contributed by atoms with van der Waals surface area (Å²) in [7, 11) is 0. The van der Waals surface area contributed by atoms with E-state index >= 15 is 0 Å². The molecule has 2 aromatic rings. The van der Waals surface area contributed by atoms with Crippen molar-refractivity contribution in [1.29, 1.82) is 0 Å². The third-order valence-corrected chi connectivity index (χ3v) is 4.67. The number of likely N-dealkylation sites (tertiary alicyclic amines) is 1. The summed E-state index contributed by atoms with van der Waals surface area (Å²) in [6, 6.07) is 5.59. The van der Waals surface area contributed by atoms with Crippen molar-refractivity contribution in [3.8, 4) is 0 Å². The summed E-state index contributed by atoms with van der Waals surface area (Å²) in [5, 5.41) is 8.56. The largest absolute Gasteiger partial charge is 0.330 e. The van der Waals surface area contributed by atoms with Gasteiger partial charge in [0.2, 0.25) is 11.8 Å². The normalized spacial score (nSPS) is 16.2. The van der Waals surface area contributed by atoms with Gasteiger partial charge in [-0.1, -0.05) is 13.8 Å². The van der Waals surface area contributed by atoms with Crippen LogP contribution in [0.15, 0.2) is 24.4 Å². The van der Waals surface area contributed by atoms with Crippen LogP contribution >= 0.6 is 0 Å². The maximum absolute atomic E-state index is 12.8. The summed E-state index contributed by atoms with van der Waals surface area (Å²) in [5.41, 5.74) is 1.56. The Hall–Kier alpha value is -2.37. The number of rotatable bonds is 5. The number of nitrogens with zero attached hydrogens (tertiary/aromatic N) is 3. The molecule has 1 aliphatic rings. The number of carbonyl (C=O) groups is 2. The molecule has 0 saturated carbocycles. The first kappa shape index (κ1) is 17.5. The molecule has 6 nitrogen and oxygen atoms in total. The molecule has 0 aliphatic carbocycles. The minimum atomic E-state index is -0.432. The molecule has 1 saturated heterocycles. The highest BCUT2D eigenvalue weighted by Gasteiger charge is 2.34. The van der Waals surface area contributed by atoms with E-state index in [1.54, 1.807) is 4.90 Å². The summed E-state index contributed by atoms with van der Waals surface area (Å²) in [6.45, 7) is 8.77. The topological polar surface area (TPSA) is 67.2 Å². The van der Waals surface area contributed by atoms with Crippen LogP contribution in [0.5, 0.6) is 0 Å². The average Bonchev–Trinajstić information content (AvgIpc) is 3.13. The number of hydrogen-bond acceptors (Lipinski definition) is 3. The van der Waals surface area contributed by atoms with Crippen molar-refractivity contribution in [3.63, 3.8) is 0 Å². The second kappa shape index (κ2) is 6.86. The summed E-state index contributed by atoms with van der Waals surface area (Å²) >= 11 is 0. The van der Waals surface area contributed by atoms with Gasteiger partial charge in [-0.2, -0.15) is 5.10 Å². The van der Waals surface area contributed by atoms with Gasteiger partial charge in [0.15, 0.2) is 0 Å². The van der Waals surface area contributed by atoms with Gasteiger partial charge in [-0.05, 0) is 44.4 Å². The van der Waals surface area contributed by atoms with Gasteiger partial charge in [-0.3, -0.25) is 14.3 Å². The lowest BCUT2D eigenvalue weighted by Gasteiger charge is -2.29. The third kappa shape index (κ3) is 3.52. The molecule has 3 rings (SSSR count). The Kier molecular flexibility index (Phi) is 4.79. The van der Waals surface area contributed by atoms with Gasteiger partial charge in [0.05, 0.1) is 5.52 Å². The second-order valence-electron chi connectivity index (χ2n) is 7.35. The van der Waals surface area contributed by atoms with Crippen LogP contribution < -0.4 is 5.32 Å². The highest BCUT2D eigenvalue weighted by Crippen LogP contribution is 2.23. The molecule has 2 amide bonds. The number of aromatic nitrogens is 2. The highest BCUT2D eigenvalue weighted by atomic mass is 16.2. The molecule has 1 fully saturated rings. The van der Waals surface area contributed by atoms with Crippen molar-refractivity contribution in [1.82, 2.24) is 14.7 Å². The van der Waals surface area contributed by atoms with Crippen molar-refractivity contribution in [2.75, 3.05) is 11.9 Å². The molecule has 1 aromatic carbocycles. The van der Waals surface area contributed by atoms with Crippen molar-refractivity contribution >= 4 is 28.4 Å². The van der Waals surface area contributed by atoms with E-state index in [0.29, 0.717) is 18.7 Å². The molecule has 0 bridgehead atoms. The fourth-order valence-electron chi connectivity index (χ4n) is 3.36. The fourth-order valence-corrected chi connectivity index (χ4v) is 3.36. The van der Waals surface area contributed by atoms with Crippen LogP contribution in [0.25, 0.3) is 10.9 Å². The third-order valence-electron chi connectivity index (χ3n) is 4.67. The first-order chi connectivity index (χ1) is 11.9. The van der Waals surface area contributed by atoms with E-state index in [1.165, 1.54) is 0 Å². The van der Waals surface area contributed by atoms with Gasteiger partial charge in [0, 0.05) is 36.3 Å². The molecular weight excluding hydrogens is 316 g/mol. The molecule has 2 heterocycles. The maximum Gasteiger partial charge on any atom is 0.247 e. The number of carbonyl (C=O) groups excluding carboxylic acids is 2. The molecule has 1 aromatic heterocycles. The molecule has 1 atom stereocenters. The smallest absolute Gasteiger partial charge is 0.247 e. The van der Waals surface area contributed by atoms with Crippen molar-refractivity contribution in [3.05, 3.63) is 24.4 Å². The van der Waals surface area contributed by atoms with E-state index in [2.05, 4.69) is 24.3 Å². The summed E-state index contributed by atoms with van der Waals surface area (Å²) in [5.74, 6) is -0.00111. The van der Waals surface area contributed by atoms with E-state index in [0.717, 1.165) is 17.3 Å². The fraction of sp³-hybridized carbons (Fsp3) is 0.526. The Morgan fingerprint density at radius 3 is 2.60 bits per heavy atom. The number of amides is 2. The summed E-state index contributed by atoms with van der Waals surface area (Å²) in [6.07, 6.45) is 3.37. The van der Waals surface area contributed by atoms with E-state index in [-0.39, 0.29) is 23.8 Å². The monoisotopic (exact) mass is 342 g/mol. The molecule has 6 heteroatoms. The van der Waals surface area contributed by atoms with Crippen LogP contribution in [0.3, 0.4) is 0 Å². The zero-order valence-corrected chi connectivity index (χ0v) is 15.3. The zero-order chi connectivity index (χ0) is 18.1. The lowest BCUT2D eigenvalue weighted by Crippen LogP contribution is -2.47. The van der Waals surface area contributed by atoms with Crippen LogP contribution in [0, 0.1) is 5.92 Å². The van der Waals surface area contributed by atoms with Crippen LogP contribution in [-0.2, 0) is 9.59 Å². The first-order valence-electron chi connectivity index (χ1n) is 8.96. The van der Waals surface area contributed by atoms with Crippen LogP contribution in [0.1, 0.15) is 46.6 Å². The number of anilines is 1. The molecule has 1 unspecified atom stereocenters. The molecule has 1 N–H and O–H groups in total. The van der Waals surface area contributed by atoms with Crippen molar-refractivity contribution < 1.29 is 9.59 Å². The minimum absolute atomic E-state index is 0.0610. The number of fused-ring (bicyclic) bond motifs is 1. The van der Waals surface area contributed by atoms with Gasteiger partial charge in [-0.15, -0.1) is 0 Å². The molecule has 25 heavy (non-hydrogen) atoms. The molecule has 0 radical (unpaired) electrons. The average molecular weight is 342 g/mol. The van der Waals surface area contributed by atoms with E-state index in [1.807, 2.05) is 42.9 Å². The van der Waals surface area contributed by atoms with Crippen molar-refractivity contribution in [2.24, 2.45) is 5.92 Å². The quantitative estimate of drug-likeness (QED) is 0.907. The van der Waals surface area contributed by atoms with Gasteiger partial charge in [0.25, 0.3) is 0 Å². The molecule has 1 aliphatic heterocycles. The van der Waals surface area contributed by atoms with E-state index in [9.17, 15) is 9.59 Å². The van der Waals surface area contributed by atoms with Crippen LogP contribution in [0.2, 0.25) is 0 Å². The van der Waals surface area contributed by atoms with Gasteiger partial charge in [-0.25, -0.2) is 0 Å². The Morgan fingerprint density at radius 2 is 2.00 bits per heavy atom. The first-order valence-corrected chi connectivity index (χ1v) is 8.96. The maximum atomic E-state index is 12.8. The predicted octanol–water partition coefficient (Wildman–Crippen LogP) is 3.20. The van der Waals surface area contributed by atoms with Gasteiger partial charge >= 0.3 is 0 Å². The molecule has 134 valence electrons. The molecular formula is C19H26N4O2. The van der Waals surface area contributed by atoms with Crippen molar-refractivity contribution in [2.45, 2.75) is 52.6 Å². The Morgan fingerprint density at radius 1 is 1.24 bits per heavy atom. The summed E-state index contributed by atoms with van der Waals surface area (Å²) < 4.78 is 1.91. The Bertz CT molecular complexity index is 794. The standard InChI is InChI=1S/C19H26N4O2/c1-12(2)18(22-9-5-6-17(22)24)19(25)20-15-8-7-14-11-23(13(3)4)21-16(14)10-15/h7-8,10-13,18H,5-6,9H2,1-4H3,(H,20,25). The van der Waals surface area contributed by atoms with Crippen LogP contribution in [-0.4, -0.2) is 39.1 Å². The lowest BCUT2D eigenvalue weighted by molar-refractivity contribution is -0.136. The highest BCUT2D eigenvalue weighted by molar-refractivity contribution is 5.99. The van der Waals surface area contributed by atoms with Gasteiger partial charge < -0.3 is 10.2 Å². The number of benzene rings is 1. The van der Waals surface area contributed by atoms with Crippen LogP contribution in [0.4, 0.5) is 5.69 Å². The number of hydrogen-bond donors (Lipinski definition) is 1. The lowest BCUT2D eigenvalue weighted by atomic mass is 10.0. The minimum Gasteiger partial charge on any atom is -0.330 e. The van der Waals surface area contributed by atoms with Gasteiger partial charge in [0.1, 0.15) is 6.04 Å². The SMILES string of the molecule is CC(C)C(C(=O)Nc1ccc2cn(C(C)C)nc2c1)N1CCCC1=O. The second-order valence-corrected chi connectivity index (χ2v) is 7.35. The van der Waals surface area contributed by atoms with E-state index in [4.69, 9.17) is 0 Å².